The van der Waals surface area contributed by atoms with Gasteiger partial charge in [0.15, 0.2) is 0 Å². The number of aromatic nitrogens is 1. The summed E-state index contributed by atoms with van der Waals surface area (Å²) in [6.07, 6.45) is 8.27. The molecule has 1 amide bonds. The first-order valence-electron chi connectivity index (χ1n) is 7.68. The van der Waals surface area contributed by atoms with E-state index in [-0.39, 0.29) is 18.4 Å². The van der Waals surface area contributed by atoms with Crippen molar-refractivity contribution >= 4 is 17.9 Å². The third-order valence-electron chi connectivity index (χ3n) is 4.41. The van der Waals surface area contributed by atoms with E-state index in [1.54, 1.807) is 17.3 Å². The molecule has 2 fully saturated rings. The van der Waals surface area contributed by atoms with Crippen LogP contribution in [0.4, 0.5) is 5.69 Å². The Morgan fingerprint density at radius 3 is 2.48 bits per heavy atom. The molecule has 0 atom stereocenters. The molecule has 5 nitrogen and oxygen atoms in total. The third-order valence-corrected chi connectivity index (χ3v) is 4.41. The highest BCUT2D eigenvalue weighted by Gasteiger charge is 2.36. The molecular weight excluding hydrogens is 266 g/mol. The van der Waals surface area contributed by atoms with Crippen LogP contribution in [0.3, 0.4) is 0 Å². The second kappa shape index (κ2) is 6.24. The Balaban J connectivity index is 1.57. The smallest absolute Gasteiger partial charge is 0.226 e. The van der Waals surface area contributed by atoms with Crippen LogP contribution < -0.4 is 4.90 Å². The molecule has 1 aliphatic heterocycles. The Labute approximate surface area is 124 Å². The number of pyridine rings is 1. The number of carbonyl (C=O) groups excluding carboxylic acids is 2. The number of hydrogen-bond donors (Lipinski definition) is 0. The molecule has 112 valence electrons. The molecule has 1 saturated heterocycles. The maximum absolute atomic E-state index is 12.6. The minimum absolute atomic E-state index is 0.0728. The number of rotatable bonds is 5. The van der Waals surface area contributed by atoms with Gasteiger partial charge in [0.2, 0.25) is 5.91 Å². The van der Waals surface area contributed by atoms with E-state index in [4.69, 9.17) is 0 Å². The van der Waals surface area contributed by atoms with Crippen LogP contribution in [0.15, 0.2) is 24.5 Å². The van der Waals surface area contributed by atoms with Crippen LogP contribution in [0, 0.1) is 5.92 Å². The lowest BCUT2D eigenvalue weighted by Crippen LogP contribution is -2.44. The number of hydrogen-bond acceptors (Lipinski definition) is 4. The molecule has 1 aliphatic carbocycles. The second-order valence-corrected chi connectivity index (χ2v) is 5.86. The molecule has 3 rings (SSSR count). The van der Waals surface area contributed by atoms with E-state index < -0.39 is 0 Å². The molecular formula is C16H21N3O2. The number of nitrogens with zero attached hydrogens (tertiary/aromatic N) is 3. The lowest BCUT2D eigenvalue weighted by atomic mass is 9.95. The maximum Gasteiger partial charge on any atom is 0.226 e. The Kier molecular flexibility index (Phi) is 4.18. The van der Waals surface area contributed by atoms with Gasteiger partial charge < -0.3 is 14.6 Å². The van der Waals surface area contributed by atoms with Gasteiger partial charge in [-0.25, -0.2) is 0 Å². The zero-order valence-corrected chi connectivity index (χ0v) is 12.1. The van der Waals surface area contributed by atoms with Crippen LogP contribution in [0.5, 0.6) is 0 Å². The molecule has 1 saturated carbocycles. The highest BCUT2D eigenvalue weighted by atomic mass is 16.2. The van der Waals surface area contributed by atoms with Crippen molar-refractivity contribution in [3.8, 4) is 0 Å². The molecule has 0 bridgehead atoms. The summed E-state index contributed by atoms with van der Waals surface area (Å²) < 4.78 is 0. The van der Waals surface area contributed by atoms with Crippen molar-refractivity contribution in [2.24, 2.45) is 5.92 Å². The average Bonchev–Trinajstić information content (AvgIpc) is 3.38. The van der Waals surface area contributed by atoms with Crippen molar-refractivity contribution in [3.05, 3.63) is 24.5 Å². The number of amides is 1. The van der Waals surface area contributed by atoms with Crippen LogP contribution in [-0.2, 0) is 9.59 Å². The standard InChI is InChI=1S/C16H21N3O2/c20-12-11-19(15-1-2-15)16(21)13-5-9-18(10-6-13)14-3-7-17-8-4-14/h3-4,7-8,12-13,15H,1-2,5-6,9-11H2. The van der Waals surface area contributed by atoms with Crippen molar-refractivity contribution in [2.75, 3.05) is 24.5 Å². The van der Waals surface area contributed by atoms with Gasteiger partial charge in [0.05, 0.1) is 6.54 Å². The predicted molar refractivity (Wildman–Crippen MR) is 80.0 cm³/mol. The Hall–Kier alpha value is -1.91. The number of piperidine rings is 1. The summed E-state index contributed by atoms with van der Waals surface area (Å²) in [6, 6.07) is 4.33. The van der Waals surface area contributed by atoms with Gasteiger partial charge in [-0.1, -0.05) is 0 Å². The van der Waals surface area contributed by atoms with Crippen molar-refractivity contribution in [3.63, 3.8) is 0 Å². The SMILES string of the molecule is O=CCN(C(=O)C1CCN(c2ccncc2)CC1)C1CC1. The van der Waals surface area contributed by atoms with Crippen molar-refractivity contribution in [2.45, 2.75) is 31.7 Å². The maximum atomic E-state index is 12.6. The van der Waals surface area contributed by atoms with E-state index in [2.05, 4.69) is 9.88 Å². The molecule has 1 aromatic heterocycles. The monoisotopic (exact) mass is 287 g/mol. The van der Waals surface area contributed by atoms with Gasteiger partial charge in [0, 0.05) is 43.1 Å². The zero-order valence-electron chi connectivity index (χ0n) is 12.1. The lowest BCUT2D eigenvalue weighted by Gasteiger charge is -2.35. The van der Waals surface area contributed by atoms with Gasteiger partial charge in [-0.3, -0.25) is 9.78 Å². The van der Waals surface area contributed by atoms with Gasteiger partial charge in [-0.05, 0) is 37.8 Å². The topological polar surface area (TPSA) is 53.5 Å². The normalized spacial score (nSPS) is 19.3. The number of carbonyl (C=O) groups is 2. The highest BCUT2D eigenvalue weighted by molar-refractivity contribution is 5.81. The third kappa shape index (κ3) is 3.23. The second-order valence-electron chi connectivity index (χ2n) is 5.86. The minimum atomic E-state index is 0.0728. The Morgan fingerprint density at radius 1 is 1.24 bits per heavy atom. The van der Waals surface area contributed by atoms with Crippen LogP contribution in [-0.4, -0.2) is 47.8 Å². The van der Waals surface area contributed by atoms with E-state index in [0.29, 0.717) is 6.04 Å². The molecule has 1 aromatic rings. The molecule has 2 heterocycles. The van der Waals surface area contributed by atoms with Crippen LogP contribution >= 0.6 is 0 Å². The fraction of sp³-hybridized carbons (Fsp3) is 0.562. The summed E-state index contributed by atoms with van der Waals surface area (Å²) in [5.74, 6) is 0.252. The summed E-state index contributed by atoms with van der Waals surface area (Å²) in [5.41, 5.74) is 1.17. The molecule has 0 radical (unpaired) electrons. The Morgan fingerprint density at radius 2 is 1.90 bits per heavy atom. The first-order valence-corrected chi connectivity index (χ1v) is 7.68. The largest absolute Gasteiger partial charge is 0.371 e. The van der Waals surface area contributed by atoms with Crippen molar-refractivity contribution in [1.29, 1.82) is 0 Å². The van der Waals surface area contributed by atoms with E-state index >= 15 is 0 Å². The number of anilines is 1. The quantitative estimate of drug-likeness (QED) is 0.770. The number of aldehydes is 1. The van der Waals surface area contributed by atoms with Crippen LogP contribution in [0.25, 0.3) is 0 Å². The summed E-state index contributed by atoms with van der Waals surface area (Å²) in [5, 5.41) is 0. The molecule has 0 unspecified atom stereocenters. The van der Waals surface area contributed by atoms with Crippen molar-refractivity contribution in [1.82, 2.24) is 9.88 Å². The van der Waals surface area contributed by atoms with Crippen LogP contribution in [0.1, 0.15) is 25.7 Å². The zero-order chi connectivity index (χ0) is 14.7. The fourth-order valence-electron chi connectivity index (χ4n) is 3.06. The minimum Gasteiger partial charge on any atom is -0.371 e. The molecule has 0 N–H and O–H groups in total. The molecule has 0 aromatic carbocycles. The van der Waals surface area contributed by atoms with Gasteiger partial charge >= 0.3 is 0 Å². The van der Waals surface area contributed by atoms with E-state index in [9.17, 15) is 9.59 Å². The fourth-order valence-corrected chi connectivity index (χ4v) is 3.06. The van der Waals surface area contributed by atoms with Gasteiger partial charge in [0.1, 0.15) is 6.29 Å². The van der Waals surface area contributed by atoms with Gasteiger partial charge in [0.25, 0.3) is 0 Å². The van der Waals surface area contributed by atoms with Gasteiger partial charge in [-0.2, -0.15) is 0 Å². The molecule has 21 heavy (non-hydrogen) atoms. The van der Waals surface area contributed by atoms with Crippen molar-refractivity contribution < 1.29 is 9.59 Å². The van der Waals surface area contributed by atoms with Crippen LogP contribution in [0.2, 0.25) is 0 Å². The van der Waals surface area contributed by atoms with E-state index in [1.165, 1.54) is 5.69 Å². The van der Waals surface area contributed by atoms with E-state index in [0.717, 1.165) is 45.1 Å². The summed E-state index contributed by atoms with van der Waals surface area (Å²) in [4.78, 5) is 31.4. The average molecular weight is 287 g/mol. The molecule has 2 aliphatic rings. The first-order chi connectivity index (χ1) is 10.3. The first kappa shape index (κ1) is 14.0. The predicted octanol–water partition coefficient (Wildman–Crippen LogP) is 1.49. The summed E-state index contributed by atoms with van der Waals surface area (Å²) in [6.45, 7) is 2.04. The molecule has 0 spiro atoms. The molecule has 5 heteroatoms. The van der Waals surface area contributed by atoms with Gasteiger partial charge in [-0.15, -0.1) is 0 Å². The Bertz CT molecular complexity index is 494. The summed E-state index contributed by atoms with van der Waals surface area (Å²) in [7, 11) is 0. The lowest BCUT2D eigenvalue weighted by molar-refractivity contribution is -0.138. The van der Waals surface area contributed by atoms with E-state index in [1.807, 2.05) is 12.1 Å². The summed E-state index contributed by atoms with van der Waals surface area (Å²) >= 11 is 0. The highest BCUT2D eigenvalue weighted by Crippen LogP contribution is 2.30.